The molecule has 1 saturated carbocycles. The lowest BCUT2D eigenvalue weighted by Gasteiger charge is -2.45. The topological polar surface area (TPSA) is 15.6 Å². The van der Waals surface area contributed by atoms with Crippen molar-refractivity contribution < 1.29 is 0 Å². The van der Waals surface area contributed by atoms with Gasteiger partial charge in [0.2, 0.25) is 0 Å². The van der Waals surface area contributed by atoms with Crippen LogP contribution in [-0.2, 0) is 12.8 Å². The summed E-state index contributed by atoms with van der Waals surface area (Å²) >= 11 is 9.33. The number of aliphatic imine (C=N–C) groups is 1. The molecule has 2 aliphatic carbocycles. The largest absolute Gasteiger partial charge is 0.306 e. The van der Waals surface area contributed by atoms with Gasteiger partial charge in [-0.05, 0) is 61.0 Å². The van der Waals surface area contributed by atoms with Crippen LogP contribution in [0.3, 0.4) is 0 Å². The summed E-state index contributed by atoms with van der Waals surface area (Å²) in [5.74, 6) is 1.20. The van der Waals surface area contributed by atoms with Crippen molar-refractivity contribution in [2.45, 2.75) is 51.4 Å². The number of hydrogen-bond acceptors (Lipinski definition) is 4. The van der Waals surface area contributed by atoms with Crippen LogP contribution < -0.4 is 0 Å². The molecule has 134 valence electrons. The van der Waals surface area contributed by atoms with Crippen LogP contribution in [0.1, 0.15) is 49.7 Å². The minimum atomic E-state index is 0.445. The van der Waals surface area contributed by atoms with Gasteiger partial charge in [0.05, 0.1) is 5.69 Å². The van der Waals surface area contributed by atoms with E-state index in [9.17, 15) is 0 Å². The summed E-state index contributed by atoms with van der Waals surface area (Å²) in [6.07, 6.45) is 12.6. The SMILES string of the molecule is CSC(=S)N1CC2(CCCCC2)CSC1=Nc1cccc2c1CCC2. The van der Waals surface area contributed by atoms with Gasteiger partial charge in [-0.2, -0.15) is 0 Å². The van der Waals surface area contributed by atoms with E-state index in [1.165, 1.54) is 73.9 Å². The molecule has 1 aromatic carbocycles. The number of benzene rings is 1. The molecule has 1 saturated heterocycles. The summed E-state index contributed by atoms with van der Waals surface area (Å²) in [5, 5.41) is 1.12. The van der Waals surface area contributed by atoms with E-state index < -0.39 is 0 Å². The second-order valence-corrected chi connectivity index (χ2v) is 9.95. The van der Waals surface area contributed by atoms with Crippen molar-refractivity contribution in [1.29, 1.82) is 0 Å². The summed E-state index contributed by atoms with van der Waals surface area (Å²) < 4.78 is 0.975. The maximum atomic E-state index is 5.72. The highest BCUT2D eigenvalue weighted by Crippen LogP contribution is 2.44. The lowest BCUT2D eigenvalue weighted by Crippen LogP contribution is -2.48. The molecule has 0 bridgehead atoms. The standard InChI is InChI=1S/C20H26N2S3/c1-24-19(23)22-13-20(11-3-2-4-12-20)14-25-18(22)21-17-10-6-8-15-7-5-9-16(15)17/h6,8,10H,2-5,7,9,11-14H2,1H3. The van der Waals surface area contributed by atoms with E-state index in [4.69, 9.17) is 17.2 Å². The molecule has 0 aromatic heterocycles. The Hall–Kier alpha value is -0.520. The molecule has 0 unspecified atom stereocenters. The molecule has 2 nitrogen and oxygen atoms in total. The summed E-state index contributed by atoms with van der Waals surface area (Å²) in [4.78, 5) is 7.46. The predicted octanol–water partition coefficient (Wildman–Crippen LogP) is 5.81. The monoisotopic (exact) mass is 390 g/mol. The summed E-state index contributed by atoms with van der Waals surface area (Å²) in [7, 11) is 0. The van der Waals surface area contributed by atoms with Crippen LogP contribution in [0.5, 0.6) is 0 Å². The third-order valence-electron chi connectivity index (χ3n) is 5.88. The van der Waals surface area contributed by atoms with Crippen LogP contribution in [0, 0.1) is 5.41 Å². The van der Waals surface area contributed by atoms with Crippen molar-refractivity contribution in [3.05, 3.63) is 29.3 Å². The van der Waals surface area contributed by atoms with Gasteiger partial charge in [-0.3, -0.25) is 0 Å². The smallest absolute Gasteiger partial charge is 0.169 e. The number of aryl methyl sites for hydroxylation is 1. The molecule has 25 heavy (non-hydrogen) atoms. The lowest BCUT2D eigenvalue weighted by atomic mass is 9.75. The van der Waals surface area contributed by atoms with Gasteiger partial charge < -0.3 is 4.90 Å². The molecule has 0 atom stereocenters. The van der Waals surface area contributed by atoms with E-state index in [1.54, 1.807) is 11.8 Å². The minimum absolute atomic E-state index is 0.445. The molecule has 1 aliphatic heterocycles. The summed E-state index contributed by atoms with van der Waals surface area (Å²) in [5.41, 5.74) is 4.57. The Morgan fingerprint density at radius 1 is 1.20 bits per heavy atom. The quantitative estimate of drug-likeness (QED) is 0.562. The fourth-order valence-electron chi connectivity index (χ4n) is 4.50. The van der Waals surface area contributed by atoms with Gasteiger partial charge in [0.25, 0.3) is 0 Å². The van der Waals surface area contributed by atoms with E-state index in [2.05, 4.69) is 29.4 Å². The van der Waals surface area contributed by atoms with E-state index >= 15 is 0 Å². The summed E-state index contributed by atoms with van der Waals surface area (Å²) in [6, 6.07) is 6.61. The molecule has 0 amide bonds. The van der Waals surface area contributed by atoms with E-state index in [0.29, 0.717) is 5.41 Å². The van der Waals surface area contributed by atoms with E-state index in [-0.39, 0.29) is 0 Å². The first-order valence-electron chi connectivity index (χ1n) is 9.39. The highest BCUT2D eigenvalue weighted by atomic mass is 32.2. The maximum absolute atomic E-state index is 5.72. The van der Waals surface area contributed by atoms with Crippen molar-refractivity contribution >= 4 is 50.9 Å². The van der Waals surface area contributed by atoms with Crippen LogP contribution in [0.15, 0.2) is 23.2 Å². The Morgan fingerprint density at radius 2 is 2.04 bits per heavy atom. The van der Waals surface area contributed by atoms with Crippen LogP contribution >= 0.6 is 35.7 Å². The van der Waals surface area contributed by atoms with E-state index in [0.717, 1.165) is 16.0 Å². The number of amidine groups is 1. The van der Waals surface area contributed by atoms with Crippen molar-refractivity contribution in [2.75, 3.05) is 18.6 Å². The minimum Gasteiger partial charge on any atom is -0.306 e. The maximum Gasteiger partial charge on any atom is 0.169 e. The van der Waals surface area contributed by atoms with Gasteiger partial charge in [-0.15, -0.1) is 0 Å². The van der Waals surface area contributed by atoms with Crippen molar-refractivity contribution in [1.82, 2.24) is 4.90 Å². The fraction of sp³-hybridized carbons (Fsp3) is 0.600. The van der Waals surface area contributed by atoms with Gasteiger partial charge in [0.1, 0.15) is 4.32 Å². The molecule has 4 rings (SSSR count). The Bertz CT molecular complexity index is 692. The number of nitrogens with zero attached hydrogens (tertiary/aromatic N) is 2. The zero-order valence-electron chi connectivity index (χ0n) is 14.9. The zero-order chi connectivity index (χ0) is 17.3. The van der Waals surface area contributed by atoms with Crippen LogP contribution in [-0.4, -0.2) is 32.9 Å². The molecular formula is C20H26N2S3. The Labute approximate surface area is 165 Å². The normalized spacial score (nSPS) is 23.9. The van der Waals surface area contributed by atoms with E-state index in [1.807, 2.05) is 11.8 Å². The molecule has 5 heteroatoms. The molecular weight excluding hydrogens is 364 g/mol. The molecule has 1 aromatic rings. The second kappa shape index (κ2) is 7.61. The average Bonchev–Trinajstić information content (AvgIpc) is 3.13. The molecule has 3 aliphatic rings. The van der Waals surface area contributed by atoms with Crippen molar-refractivity contribution in [2.24, 2.45) is 10.4 Å². The van der Waals surface area contributed by atoms with Crippen molar-refractivity contribution in [3.63, 3.8) is 0 Å². The predicted molar refractivity (Wildman–Crippen MR) is 116 cm³/mol. The number of fused-ring (bicyclic) bond motifs is 1. The molecule has 1 spiro atoms. The van der Waals surface area contributed by atoms with Crippen LogP contribution in [0.2, 0.25) is 0 Å². The highest BCUT2D eigenvalue weighted by molar-refractivity contribution is 8.23. The van der Waals surface area contributed by atoms with Gasteiger partial charge in [0.15, 0.2) is 5.17 Å². The second-order valence-electron chi connectivity index (χ2n) is 7.57. The van der Waals surface area contributed by atoms with Gasteiger partial charge in [-0.1, -0.05) is 67.1 Å². The number of thiocarbonyl (C=S) groups is 1. The van der Waals surface area contributed by atoms with Crippen LogP contribution in [0.4, 0.5) is 5.69 Å². The average molecular weight is 391 g/mol. The third-order valence-corrected chi connectivity index (χ3v) is 8.49. The van der Waals surface area contributed by atoms with Crippen LogP contribution in [0.25, 0.3) is 0 Å². The molecule has 0 radical (unpaired) electrons. The molecule has 2 fully saturated rings. The zero-order valence-corrected chi connectivity index (χ0v) is 17.4. The first-order chi connectivity index (χ1) is 12.2. The van der Waals surface area contributed by atoms with Crippen molar-refractivity contribution in [3.8, 4) is 0 Å². The first kappa shape index (κ1) is 17.9. The summed E-state index contributed by atoms with van der Waals surface area (Å²) in [6.45, 7) is 1.06. The first-order valence-corrected chi connectivity index (χ1v) is 12.0. The van der Waals surface area contributed by atoms with Gasteiger partial charge in [-0.25, -0.2) is 4.99 Å². The fourth-order valence-corrected chi connectivity index (χ4v) is 6.43. The van der Waals surface area contributed by atoms with Gasteiger partial charge >= 0.3 is 0 Å². The highest BCUT2D eigenvalue weighted by Gasteiger charge is 2.40. The Balaban J connectivity index is 1.64. The van der Waals surface area contributed by atoms with Gasteiger partial charge in [0, 0.05) is 12.3 Å². The Kier molecular flexibility index (Phi) is 5.44. The third kappa shape index (κ3) is 3.65. The molecule has 1 heterocycles. The number of rotatable bonds is 1. The number of hydrogen-bond donors (Lipinski definition) is 0. The molecule has 0 N–H and O–H groups in total. The number of thioether (sulfide) groups is 2. The Morgan fingerprint density at radius 3 is 2.84 bits per heavy atom. The lowest BCUT2D eigenvalue weighted by molar-refractivity contribution is 0.194.